The van der Waals surface area contributed by atoms with E-state index in [4.69, 9.17) is 28.4 Å². The fourth-order valence-electron chi connectivity index (χ4n) is 11.9. The molecule has 0 radical (unpaired) electrons. The molecule has 51 heavy (non-hydrogen) atoms. The second-order valence-corrected chi connectivity index (χ2v) is 18.0. The molecule has 0 aromatic rings. The number of aliphatic hydroxyl groups is 7. The van der Waals surface area contributed by atoms with Crippen LogP contribution < -0.4 is 0 Å². The number of aliphatic hydroxyl groups excluding tert-OH is 6. The molecule has 7 fully saturated rings. The van der Waals surface area contributed by atoms with Gasteiger partial charge in [0.2, 0.25) is 0 Å². The molecule has 0 amide bonds. The molecule has 8 aliphatic rings. The van der Waals surface area contributed by atoms with E-state index < -0.39 is 79.4 Å². The molecule has 20 unspecified atom stereocenters. The van der Waals surface area contributed by atoms with Crippen LogP contribution in [0.25, 0.3) is 0 Å². The van der Waals surface area contributed by atoms with Crippen LogP contribution in [0.2, 0.25) is 0 Å². The van der Waals surface area contributed by atoms with Crippen molar-refractivity contribution in [3.63, 3.8) is 0 Å². The molecule has 4 aliphatic carbocycles. The van der Waals surface area contributed by atoms with Crippen molar-refractivity contribution in [2.75, 3.05) is 13.2 Å². The minimum Gasteiger partial charge on any atom is -0.394 e. The predicted octanol–water partition coefficient (Wildman–Crippen LogP) is 1.26. The summed E-state index contributed by atoms with van der Waals surface area (Å²) in [6, 6.07) is 0. The SMILES string of the molecule is CC1CCC2(CC3(O)C(CC4C5CC=C6CC(OC7OC(CO)C(O)C(OC8OC(C)C(O)C(O)C8O)C7O)CCC6(C)C5CCC43C)O2)OC1. The van der Waals surface area contributed by atoms with Gasteiger partial charge in [-0.05, 0) is 87.4 Å². The van der Waals surface area contributed by atoms with Gasteiger partial charge in [-0.3, -0.25) is 0 Å². The maximum Gasteiger partial charge on any atom is 0.187 e. The standard InChI is InChI=1S/C38H60O13/c1-18-7-12-37(46-16-18)17-38(45)26(51-37)14-24-22-6-5-20-13-21(8-10-35(20,3)23(22)9-11-36(24,38)4)48-34-31(44)32(28(41)25(15-39)49-34)50-33-30(43)29(42)27(40)19(2)47-33/h5,18-19,21-34,39-45H,6-17H2,1-4H3. The first-order valence-electron chi connectivity index (χ1n) is 19.5. The third kappa shape index (κ3) is 5.74. The summed E-state index contributed by atoms with van der Waals surface area (Å²) < 4.78 is 36.7. The Morgan fingerprint density at radius 1 is 0.843 bits per heavy atom. The normalized spacial score (nSPS) is 58.4. The number of ether oxygens (including phenoxy) is 6. The molecule has 4 heterocycles. The van der Waals surface area contributed by atoms with Crippen molar-refractivity contribution in [3.05, 3.63) is 11.6 Å². The van der Waals surface area contributed by atoms with Crippen molar-refractivity contribution in [2.45, 2.75) is 177 Å². The largest absolute Gasteiger partial charge is 0.394 e. The van der Waals surface area contributed by atoms with Gasteiger partial charge in [-0.15, -0.1) is 0 Å². The van der Waals surface area contributed by atoms with Gasteiger partial charge in [0.1, 0.15) is 48.3 Å². The maximum atomic E-state index is 12.4. The Morgan fingerprint density at radius 2 is 1.61 bits per heavy atom. The van der Waals surface area contributed by atoms with Crippen LogP contribution in [-0.2, 0) is 28.4 Å². The van der Waals surface area contributed by atoms with Gasteiger partial charge in [-0.1, -0.05) is 32.4 Å². The van der Waals surface area contributed by atoms with Crippen LogP contribution in [0, 0.1) is 34.5 Å². The second-order valence-electron chi connectivity index (χ2n) is 18.0. The summed E-state index contributed by atoms with van der Waals surface area (Å²) in [7, 11) is 0. The quantitative estimate of drug-likeness (QED) is 0.201. The van der Waals surface area contributed by atoms with Crippen molar-refractivity contribution in [3.8, 4) is 0 Å². The number of rotatable bonds is 5. The lowest BCUT2D eigenvalue weighted by Crippen LogP contribution is -2.64. The second kappa shape index (κ2) is 13.2. The molecule has 1 spiro atoms. The van der Waals surface area contributed by atoms with E-state index in [0.717, 1.165) is 51.4 Å². The number of hydrogen-bond donors (Lipinski definition) is 7. The summed E-state index contributed by atoms with van der Waals surface area (Å²) in [6.45, 7) is 8.54. The molecule has 4 saturated heterocycles. The van der Waals surface area contributed by atoms with Gasteiger partial charge in [0, 0.05) is 18.3 Å². The zero-order valence-corrected chi connectivity index (χ0v) is 30.4. The van der Waals surface area contributed by atoms with Gasteiger partial charge in [0.15, 0.2) is 18.4 Å². The summed E-state index contributed by atoms with van der Waals surface area (Å²) in [5, 5.41) is 75.6. The lowest BCUT2D eigenvalue weighted by Gasteiger charge is -2.59. The van der Waals surface area contributed by atoms with Gasteiger partial charge < -0.3 is 64.2 Å². The molecule has 3 saturated carbocycles. The Kier molecular flexibility index (Phi) is 9.60. The first-order chi connectivity index (χ1) is 24.1. The first kappa shape index (κ1) is 37.2. The van der Waals surface area contributed by atoms with Crippen molar-refractivity contribution in [1.82, 2.24) is 0 Å². The van der Waals surface area contributed by atoms with E-state index in [2.05, 4.69) is 26.8 Å². The van der Waals surface area contributed by atoms with Crippen LogP contribution in [0.15, 0.2) is 11.6 Å². The molecule has 0 aromatic heterocycles. The summed E-state index contributed by atoms with van der Waals surface area (Å²) in [6.07, 6.45) is -3.13. The Labute approximate surface area is 300 Å². The smallest absolute Gasteiger partial charge is 0.187 e. The van der Waals surface area contributed by atoms with Crippen LogP contribution in [-0.4, -0.2) is 134 Å². The third-order valence-electron chi connectivity index (χ3n) is 15.2. The Balaban J connectivity index is 0.942. The predicted molar refractivity (Wildman–Crippen MR) is 178 cm³/mol. The average molecular weight is 725 g/mol. The van der Waals surface area contributed by atoms with E-state index >= 15 is 0 Å². The fourth-order valence-corrected chi connectivity index (χ4v) is 11.9. The van der Waals surface area contributed by atoms with E-state index in [1.807, 2.05) is 0 Å². The first-order valence-corrected chi connectivity index (χ1v) is 19.5. The van der Waals surface area contributed by atoms with Gasteiger partial charge in [-0.2, -0.15) is 0 Å². The molecule has 290 valence electrons. The van der Waals surface area contributed by atoms with Crippen LogP contribution >= 0.6 is 0 Å². The minimum absolute atomic E-state index is 0.0206. The minimum atomic E-state index is -1.63. The average Bonchev–Trinajstić information content (AvgIpc) is 3.50. The molecular formula is C38H60O13. The fraction of sp³-hybridized carbons (Fsp3) is 0.947. The highest BCUT2D eigenvalue weighted by molar-refractivity contribution is 5.28. The molecule has 7 N–H and O–H groups in total. The van der Waals surface area contributed by atoms with E-state index in [1.165, 1.54) is 12.5 Å². The monoisotopic (exact) mass is 724 g/mol. The molecular weight excluding hydrogens is 664 g/mol. The molecule has 20 atom stereocenters. The highest BCUT2D eigenvalue weighted by atomic mass is 16.7. The zero-order chi connectivity index (χ0) is 36.2. The Morgan fingerprint density at radius 3 is 2.33 bits per heavy atom. The Bertz CT molecular complexity index is 1320. The Hall–Kier alpha value is -0.780. The molecule has 13 heteroatoms. The number of fused-ring (bicyclic) bond motifs is 7. The van der Waals surface area contributed by atoms with Crippen LogP contribution in [0.3, 0.4) is 0 Å². The number of allylic oxidation sites excluding steroid dienone is 1. The summed E-state index contributed by atoms with van der Waals surface area (Å²) in [5.74, 6) is 1.15. The van der Waals surface area contributed by atoms with E-state index in [-0.39, 0.29) is 23.0 Å². The van der Waals surface area contributed by atoms with Crippen LogP contribution in [0.1, 0.15) is 91.9 Å². The molecule has 13 nitrogen and oxygen atoms in total. The highest BCUT2D eigenvalue weighted by Crippen LogP contribution is 2.71. The van der Waals surface area contributed by atoms with E-state index in [9.17, 15) is 35.7 Å². The van der Waals surface area contributed by atoms with Crippen LogP contribution in [0.4, 0.5) is 0 Å². The lowest BCUT2D eigenvalue weighted by molar-refractivity contribution is -0.361. The molecule has 0 aromatic carbocycles. The summed E-state index contributed by atoms with van der Waals surface area (Å²) in [4.78, 5) is 0. The van der Waals surface area contributed by atoms with Gasteiger partial charge in [0.25, 0.3) is 0 Å². The maximum absolute atomic E-state index is 12.4. The lowest BCUT2D eigenvalue weighted by atomic mass is 9.46. The molecule has 0 bridgehead atoms. The van der Waals surface area contributed by atoms with Crippen LogP contribution in [0.5, 0.6) is 0 Å². The topological polar surface area (TPSA) is 197 Å². The van der Waals surface area contributed by atoms with Gasteiger partial charge in [0.05, 0.1) is 31.5 Å². The van der Waals surface area contributed by atoms with Crippen molar-refractivity contribution >= 4 is 0 Å². The van der Waals surface area contributed by atoms with Gasteiger partial charge in [-0.25, -0.2) is 0 Å². The number of hydrogen-bond acceptors (Lipinski definition) is 13. The zero-order valence-electron chi connectivity index (χ0n) is 30.4. The van der Waals surface area contributed by atoms with Crippen molar-refractivity contribution in [2.24, 2.45) is 34.5 Å². The van der Waals surface area contributed by atoms with E-state index in [1.54, 1.807) is 0 Å². The van der Waals surface area contributed by atoms with E-state index in [0.29, 0.717) is 43.1 Å². The summed E-state index contributed by atoms with van der Waals surface area (Å²) in [5.41, 5.74) is 0.208. The molecule has 4 aliphatic heterocycles. The summed E-state index contributed by atoms with van der Waals surface area (Å²) >= 11 is 0. The van der Waals surface area contributed by atoms with Crippen molar-refractivity contribution in [1.29, 1.82) is 0 Å². The van der Waals surface area contributed by atoms with Gasteiger partial charge >= 0.3 is 0 Å². The molecule has 8 rings (SSSR count). The third-order valence-corrected chi connectivity index (χ3v) is 15.2. The highest BCUT2D eigenvalue weighted by Gasteiger charge is 2.73. The van der Waals surface area contributed by atoms with Crippen molar-refractivity contribution < 1.29 is 64.2 Å².